The fraction of sp³-hybridized carbons (Fsp3) is 0.500. The molecule has 3 heteroatoms. The Morgan fingerprint density at radius 1 is 1.47 bits per heavy atom. The largest absolute Gasteiger partial charge is 0.497 e. The van der Waals surface area contributed by atoms with Crippen LogP contribution < -0.4 is 10.5 Å². The van der Waals surface area contributed by atoms with Gasteiger partial charge in [0.05, 0.1) is 7.11 Å². The van der Waals surface area contributed by atoms with E-state index in [4.69, 9.17) is 10.5 Å². The molecule has 1 aromatic carbocycles. The molecule has 82 valence electrons. The average Bonchev–Trinajstić information content (AvgIpc) is 2.37. The lowest BCUT2D eigenvalue weighted by Crippen LogP contribution is -2.14. The van der Waals surface area contributed by atoms with Gasteiger partial charge in [-0.15, -0.1) is 0 Å². The lowest BCUT2D eigenvalue weighted by atomic mass is 9.86. The van der Waals surface area contributed by atoms with Crippen LogP contribution in [0.5, 0.6) is 5.75 Å². The minimum Gasteiger partial charge on any atom is -0.497 e. The molecule has 0 aromatic heterocycles. The molecule has 0 aliphatic heterocycles. The smallest absolute Gasteiger partial charge is 0.120 e. The molecule has 0 bridgehead atoms. The van der Waals surface area contributed by atoms with Gasteiger partial charge in [0.1, 0.15) is 5.75 Å². The highest BCUT2D eigenvalue weighted by Gasteiger charge is 2.37. The maximum absolute atomic E-state index is 6.14. The second-order valence-electron chi connectivity index (χ2n) is 4.77. The van der Waals surface area contributed by atoms with Crippen LogP contribution in [0.3, 0.4) is 0 Å². The topological polar surface area (TPSA) is 35.2 Å². The van der Waals surface area contributed by atoms with Gasteiger partial charge in [0.25, 0.3) is 0 Å². The van der Waals surface area contributed by atoms with Gasteiger partial charge in [-0.3, -0.25) is 0 Å². The van der Waals surface area contributed by atoms with Crippen LogP contribution in [0.2, 0.25) is 0 Å². The molecule has 0 spiro atoms. The Morgan fingerprint density at radius 2 is 2.13 bits per heavy atom. The fourth-order valence-electron chi connectivity index (χ4n) is 2.49. The lowest BCUT2D eigenvalue weighted by Gasteiger charge is -2.20. The van der Waals surface area contributed by atoms with Crippen molar-refractivity contribution in [1.82, 2.24) is 0 Å². The minimum absolute atomic E-state index is 0.126. The van der Waals surface area contributed by atoms with Crippen molar-refractivity contribution in [3.8, 4) is 5.75 Å². The van der Waals surface area contributed by atoms with E-state index in [2.05, 4.69) is 35.8 Å². The molecule has 15 heavy (non-hydrogen) atoms. The zero-order chi connectivity index (χ0) is 11.2. The SMILES string of the molecule is COc1cc(Br)c2c(c1)[C@@H](N)CC2(C)C. The van der Waals surface area contributed by atoms with Crippen molar-refractivity contribution in [1.29, 1.82) is 0 Å². The molecule has 0 amide bonds. The van der Waals surface area contributed by atoms with Crippen LogP contribution >= 0.6 is 15.9 Å². The molecular weight excluding hydrogens is 254 g/mol. The van der Waals surface area contributed by atoms with Crippen molar-refractivity contribution in [3.63, 3.8) is 0 Å². The molecule has 0 radical (unpaired) electrons. The fourth-order valence-corrected chi connectivity index (χ4v) is 3.48. The molecule has 1 aromatic rings. The van der Waals surface area contributed by atoms with Gasteiger partial charge in [0, 0.05) is 10.5 Å². The van der Waals surface area contributed by atoms with E-state index in [0.717, 1.165) is 16.6 Å². The number of hydrogen-bond acceptors (Lipinski definition) is 2. The highest BCUT2D eigenvalue weighted by molar-refractivity contribution is 9.10. The molecule has 2 nitrogen and oxygen atoms in total. The van der Waals surface area contributed by atoms with Crippen molar-refractivity contribution in [2.45, 2.75) is 31.7 Å². The molecule has 1 aliphatic rings. The first-order valence-electron chi connectivity index (χ1n) is 5.09. The van der Waals surface area contributed by atoms with E-state index in [-0.39, 0.29) is 11.5 Å². The third-order valence-corrected chi connectivity index (χ3v) is 3.76. The van der Waals surface area contributed by atoms with Crippen LogP contribution in [-0.4, -0.2) is 7.11 Å². The molecule has 2 N–H and O–H groups in total. The van der Waals surface area contributed by atoms with Gasteiger partial charge in [0.2, 0.25) is 0 Å². The molecule has 0 heterocycles. The van der Waals surface area contributed by atoms with Crippen LogP contribution in [0.15, 0.2) is 16.6 Å². The summed E-state index contributed by atoms with van der Waals surface area (Å²) in [5, 5.41) is 0. The lowest BCUT2D eigenvalue weighted by molar-refractivity contribution is 0.413. The number of hydrogen-bond donors (Lipinski definition) is 1. The summed E-state index contributed by atoms with van der Waals surface area (Å²) in [6, 6.07) is 4.19. The maximum atomic E-state index is 6.14. The normalized spacial score (nSPS) is 22.6. The summed E-state index contributed by atoms with van der Waals surface area (Å²) >= 11 is 3.61. The molecule has 1 atom stereocenters. The van der Waals surface area contributed by atoms with E-state index in [9.17, 15) is 0 Å². The summed E-state index contributed by atoms with van der Waals surface area (Å²) in [7, 11) is 1.68. The van der Waals surface area contributed by atoms with Crippen LogP contribution in [0.1, 0.15) is 37.4 Å². The Labute approximate surface area is 98.9 Å². The highest BCUT2D eigenvalue weighted by Crippen LogP contribution is 2.48. The van der Waals surface area contributed by atoms with Gasteiger partial charge in [-0.1, -0.05) is 29.8 Å². The van der Waals surface area contributed by atoms with Gasteiger partial charge < -0.3 is 10.5 Å². The second kappa shape index (κ2) is 3.49. The summed E-state index contributed by atoms with van der Waals surface area (Å²) in [5.41, 5.74) is 8.83. The average molecular weight is 270 g/mol. The van der Waals surface area contributed by atoms with Crippen LogP contribution in [0.25, 0.3) is 0 Å². The zero-order valence-corrected chi connectivity index (χ0v) is 10.9. The van der Waals surface area contributed by atoms with E-state index >= 15 is 0 Å². The second-order valence-corrected chi connectivity index (χ2v) is 5.62. The third kappa shape index (κ3) is 1.68. The Balaban J connectivity index is 2.63. The number of methoxy groups -OCH3 is 1. The highest BCUT2D eigenvalue weighted by atomic mass is 79.9. The number of benzene rings is 1. The predicted molar refractivity (Wildman–Crippen MR) is 65.3 cm³/mol. The molecule has 0 fully saturated rings. The molecule has 0 saturated heterocycles. The summed E-state index contributed by atoms with van der Waals surface area (Å²) in [6.45, 7) is 4.46. The van der Waals surface area contributed by atoms with Crippen molar-refractivity contribution in [2.75, 3.05) is 7.11 Å². The quantitative estimate of drug-likeness (QED) is 0.850. The Hall–Kier alpha value is -0.540. The third-order valence-electron chi connectivity index (χ3n) is 3.14. The first kappa shape index (κ1) is 11.0. The zero-order valence-electron chi connectivity index (χ0n) is 9.30. The van der Waals surface area contributed by atoms with Crippen molar-refractivity contribution < 1.29 is 4.74 Å². The number of rotatable bonds is 1. The maximum Gasteiger partial charge on any atom is 0.120 e. The van der Waals surface area contributed by atoms with E-state index in [1.54, 1.807) is 7.11 Å². The van der Waals surface area contributed by atoms with E-state index in [0.29, 0.717) is 0 Å². The van der Waals surface area contributed by atoms with Gasteiger partial charge in [-0.25, -0.2) is 0 Å². The molecule has 2 rings (SSSR count). The molecule has 0 saturated carbocycles. The molecule has 1 aliphatic carbocycles. The van der Waals surface area contributed by atoms with Crippen LogP contribution in [-0.2, 0) is 5.41 Å². The van der Waals surface area contributed by atoms with Crippen LogP contribution in [0.4, 0.5) is 0 Å². The van der Waals surface area contributed by atoms with Gasteiger partial charge in [-0.2, -0.15) is 0 Å². The summed E-state index contributed by atoms with van der Waals surface area (Å²) < 4.78 is 6.36. The summed E-state index contributed by atoms with van der Waals surface area (Å²) in [4.78, 5) is 0. The Morgan fingerprint density at radius 3 is 2.73 bits per heavy atom. The number of nitrogens with two attached hydrogens (primary N) is 1. The monoisotopic (exact) mass is 269 g/mol. The predicted octanol–water partition coefficient (Wildman–Crippen LogP) is 3.14. The molecule has 0 unspecified atom stereocenters. The summed E-state index contributed by atoms with van der Waals surface area (Å²) in [5.74, 6) is 0.869. The Kier molecular flexibility index (Phi) is 2.55. The standard InChI is InChI=1S/C12H16BrNO/c1-12(2)6-10(14)8-4-7(15-3)5-9(13)11(8)12/h4-5,10H,6,14H2,1-3H3/t10-/m0/s1. The van der Waals surface area contributed by atoms with Crippen molar-refractivity contribution in [3.05, 3.63) is 27.7 Å². The van der Waals surface area contributed by atoms with Crippen LogP contribution in [0, 0.1) is 0 Å². The minimum atomic E-state index is 0.126. The summed E-state index contributed by atoms with van der Waals surface area (Å²) in [6.07, 6.45) is 0.994. The van der Waals surface area contributed by atoms with Gasteiger partial charge >= 0.3 is 0 Å². The first-order chi connectivity index (χ1) is 6.95. The van der Waals surface area contributed by atoms with E-state index < -0.39 is 0 Å². The number of fused-ring (bicyclic) bond motifs is 1. The molecular formula is C12H16BrNO. The Bertz CT molecular complexity index is 401. The number of ether oxygens (including phenoxy) is 1. The van der Waals surface area contributed by atoms with Crippen molar-refractivity contribution in [2.24, 2.45) is 5.73 Å². The number of halogens is 1. The van der Waals surface area contributed by atoms with E-state index in [1.807, 2.05) is 6.07 Å². The van der Waals surface area contributed by atoms with E-state index in [1.165, 1.54) is 11.1 Å². The van der Waals surface area contributed by atoms with Crippen molar-refractivity contribution >= 4 is 15.9 Å². The van der Waals surface area contributed by atoms with Gasteiger partial charge in [0.15, 0.2) is 0 Å². The van der Waals surface area contributed by atoms with Gasteiger partial charge in [-0.05, 0) is 35.1 Å². The first-order valence-corrected chi connectivity index (χ1v) is 5.88.